The van der Waals surface area contributed by atoms with E-state index in [2.05, 4.69) is 35.5 Å². The van der Waals surface area contributed by atoms with Crippen LogP contribution >= 0.6 is 0 Å². The van der Waals surface area contributed by atoms with Gasteiger partial charge in [-0.3, -0.25) is 14.9 Å². The molecule has 3 aromatic heterocycles. The molecule has 0 saturated heterocycles. The van der Waals surface area contributed by atoms with Crippen molar-refractivity contribution in [2.24, 2.45) is 22.7 Å². The van der Waals surface area contributed by atoms with Crippen LogP contribution in [0, 0.1) is 29.4 Å². The number of aliphatic carboxylic acids is 1. The molecule has 2 unspecified atom stereocenters. The van der Waals surface area contributed by atoms with E-state index in [1.165, 1.54) is 6.07 Å². The Hall–Kier alpha value is -3.50. The van der Waals surface area contributed by atoms with Crippen molar-refractivity contribution in [2.45, 2.75) is 50.0 Å². The highest BCUT2D eigenvalue weighted by Crippen LogP contribution is 2.49. The number of nitrogens with one attached hydrogen (secondary N) is 2. The maximum atomic E-state index is 16.0. The number of nitrogens with zero attached hydrogens (tertiary/aromatic N) is 5. The second kappa shape index (κ2) is 8.03. The number of aromatic nitrogens is 5. The summed E-state index contributed by atoms with van der Waals surface area (Å²) in [6.07, 6.45) is 7.68. The van der Waals surface area contributed by atoms with Crippen LogP contribution in [-0.4, -0.2) is 55.5 Å². The molecule has 0 aromatic carbocycles. The van der Waals surface area contributed by atoms with E-state index in [1.807, 2.05) is 0 Å². The third-order valence-electron chi connectivity index (χ3n) is 7.89. The molecule has 0 amide bonds. The molecule has 0 radical (unpaired) electrons. The van der Waals surface area contributed by atoms with Gasteiger partial charge in [0.1, 0.15) is 11.5 Å². The number of H-pyrrole nitrogens is 1. The molecule has 3 N–H and O–H groups in total. The zero-order valence-corrected chi connectivity index (χ0v) is 19.1. The zero-order valence-electron chi connectivity index (χ0n) is 19.1. The molecule has 2 atom stereocenters. The molecule has 9 nitrogen and oxygen atoms in total. The summed E-state index contributed by atoms with van der Waals surface area (Å²) in [5.41, 5.74) is 0.141. The summed E-state index contributed by atoms with van der Waals surface area (Å²) in [6.45, 7) is 0. The Kier molecular flexibility index (Phi) is 5.05. The predicted octanol–water partition coefficient (Wildman–Crippen LogP) is 3.73. The molecular weight excluding hydrogens is 456 g/mol. The number of carboxylic acid groups (broad SMARTS) is 1. The predicted molar refractivity (Wildman–Crippen MR) is 124 cm³/mol. The lowest BCUT2D eigenvalue weighted by Crippen LogP contribution is -2.51. The first-order valence-electron chi connectivity index (χ1n) is 11.9. The van der Waals surface area contributed by atoms with Gasteiger partial charge >= 0.3 is 5.97 Å². The van der Waals surface area contributed by atoms with Crippen LogP contribution in [0.2, 0.25) is 0 Å². The lowest BCUT2D eigenvalue weighted by atomic mass is 9.61. The van der Waals surface area contributed by atoms with Gasteiger partial charge in [0.05, 0.1) is 28.6 Å². The molecule has 4 aliphatic rings. The van der Waals surface area contributed by atoms with Crippen LogP contribution in [0.4, 0.5) is 14.6 Å². The summed E-state index contributed by atoms with van der Waals surface area (Å²) < 4.78 is 29.9. The van der Waals surface area contributed by atoms with Gasteiger partial charge in [0.25, 0.3) is 0 Å². The van der Waals surface area contributed by atoms with Crippen molar-refractivity contribution in [1.29, 1.82) is 0 Å². The number of aliphatic imine (C=N–C) groups is 1. The first-order valence-corrected chi connectivity index (χ1v) is 11.9. The van der Waals surface area contributed by atoms with Gasteiger partial charge in [0, 0.05) is 19.3 Å². The number of aromatic amines is 1. The highest BCUT2D eigenvalue weighted by atomic mass is 19.1. The normalized spacial score (nSPS) is 26.9. The third-order valence-corrected chi connectivity index (χ3v) is 7.89. The second-order valence-electron chi connectivity index (χ2n) is 9.93. The number of anilines is 1. The fraction of sp³-hybridized carbons (Fsp3) is 0.500. The molecule has 35 heavy (non-hydrogen) atoms. The molecule has 2 bridgehead atoms. The standard InChI is InChI=1S/C24H25F2N7O2/c1-27-10-24(6-7-24)19-16(26)21(29-17-12-4-2-11(3-5-12)15(17)23(34)35)31-22(30-19)18-14-8-13(25)9-28-20(14)33-32-18/h8-12,15,17H,2-7H2,1H3,(H,34,35)(H,28,32,33)(H,29,30,31)/b27-10+. The molecule has 11 heteroatoms. The van der Waals surface area contributed by atoms with E-state index in [9.17, 15) is 14.3 Å². The van der Waals surface area contributed by atoms with Gasteiger partial charge in [0.2, 0.25) is 0 Å². The summed E-state index contributed by atoms with van der Waals surface area (Å²) in [5.74, 6) is -2.38. The first-order chi connectivity index (χ1) is 16.9. The number of carbonyl (C=O) groups is 1. The Morgan fingerprint density at radius 1 is 1.23 bits per heavy atom. The van der Waals surface area contributed by atoms with Gasteiger partial charge in [-0.2, -0.15) is 5.10 Å². The summed E-state index contributed by atoms with van der Waals surface area (Å²) in [4.78, 5) is 29.3. The fourth-order valence-electron chi connectivity index (χ4n) is 6.01. The van der Waals surface area contributed by atoms with Gasteiger partial charge in [-0.25, -0.2) is 23.7 Å². The van der Waals surface area contributed by atoms with E-state index < -0.39 is 35.0 Å². The van der Waals surface area contributed by atoms with Crippen molar-refractivity contribution >= 4 is 29.0 Å². The average molecular weight is 482 g/mol. The summed E-state index contributed by atoms with van der Waals surface area (Å²) in [6, 6.07) is 0.844. The largest absolute Gasteiger partial charge is 0.481 e. The number of fused-ring (bicyclic) bond motifs is 4. The maximum Gasteiger partial charge on any atom is 0.308 e. The SMILES string of the molecule is C/N=C/C1(c2nc(-c3n[nH]c4ncc(F)cc34)nc(NC3C4CCC(CC4)C3C(=O)O)c2F)CC1. The molecule has 0 spiro atoms. The van der Waals surface area contributed by atoms with Gasteiger partial charge in [-0.1, -0.05) is 0 Å². The topological polar surface area (TPSA) is 129 Å². The van der Waals surface area contributed by atoms with Gasteiger partial charge in [-0.15, -0.1) is 0 Å². The van der Waals surface area contributed by atoms with Gasteiger partial charge in [0.15, 0.2) is 23.1 Å². The molecule has 4 aliphatic carbocycles. The van der Waals surface area contributed by atoms with Crippen LogP contribution in [0.3, 0.4) is 0 Å². The zero-order chi connectivity index (χ0) is 24.3. The summed E-state index contributed by atoms with van der Waals surface area (Å²) in [7, 11) is 1.63. The molecule has 3 aromatic rings. The molecule has 4 fully saturated rings. The molecule has 3 heterocycles. The van der Waals surface area contributed by atoms with Crippen LogP contribution in [-0.2, 0) is 10.2 Å². The molecule has 4 saturated carbocycles. The second-order valence-corrected chi connectivity index (χ2v) is 9.93. The monoisotopic (exact) mass is 481 g/mol. The minimum atomic E-state index is -0.872. The van der Waals surface area contributed by atoms with E-state index in [0.29, 0.717) is 23.9 Å². The van der Waals surface area contributed by atoms with Gasteiger partial charge in [-0.05, 0) is 56.4 Å². The molecule has 182 valence electrons. The number of carboxylic acids is 1. The molecule has 7 rings (SSSR count). The number of pyridine rings is 1. The van der Waals surface area contributed by atoms with Crippen molar-refractivity contribution in [3.05, 3.63) is 29.6 Å². The Balaban J connectivity index is 1.49. The smallest absolute Gasteiger partial charge is 0.308 e. The van der Waals surface area contributed by atoms with E-state index >= 15 is 4.39 Å². The van der Waals surface area contributed by atoms with Crippen LogP contribution in [0.25, 0.3) is 22.6 Å². The maximum absolute atomic E-state index is 16.0. The van der Waals surface area contributed by atoms with Crippen LogP contribution < -0.4 is 5.32 Å². The molecule has 0 aliphatic heterocycles. The minimum absolute atomic E-state index is 0.0508. The Labute approximate surface area is 199 Å². The molecular formula is C24H25F2N7O2. The van der Waals surface area contributed by atoms with Gasteiger partial charge < -0.3 is 10.4 Å². The van der Waals surface area contributed by atoms with Crippen molar-refractivity contribution in [3.8, 4) is 11.5 Å². The summed E-state index contributed by atoms with van der Waals surface area (Å²) in [5, 5.41) is 20.5. The Morgan fingerprint density at radius 2 is 1.97 bits per heavy atom. The Bertz CT molecular complexity index is 1350. The number of halogens is 2. The van der Waals surface area contributed by atoms with E-state index in [1.54, 1.807) is 13.3 Å². The van der Waals surface area contributed by atoms with Crippen molar-refractivity contribution < 1.29 is 18.7 Å². The average Bonchev–Trinajstić information content (AvgIpc) is 3.51. The lowest BCUT2D eigenvalue weighted by molar-refractivity contribution is -0.148. The fourth-order valence-corrected chi connectivity index (χ4v) is 6.01. The highest BCUT2D eigenvalue weighted by molar-refractivity contribution is 5.89. The van der Waals surface area contributed by atoms with Crippen LogP contribution in [0.5, 0.6) is 0 Å². The van der Waals surface area contributed by atoms with E-state index in [-0.39, 0.29) is 34.9 Å². The number of hydrogen-bond acceptors (Lipinski definition) is 7. The van der Waals surface area contributed by atoms with E-state index in [4.69, 9.17) is 0 Å². The summed E-state index contributed by atoms with van der Waals surface area (Å²) >= 11 is 0. The highest BCUT2D eigenvalue weighted by Gasteiger charge is 2.50. The van der Waals surface area contributed by atoms with E-state index in [0.717, 1.165) is 31.9 Å². The minimum Gasteiger partial charge on any atom is -0.481 e. The Morgan fingerprint density at radius 3 is 2.66 bits per heavy atom. The van der Waals surface area contributed by atoms with Crippen molar-refractivity contribution in [3.63, 3.8) is 0 Å². The number of rotatable bonds is 6. The van der Waals surface area contributed by atoms with Crippen LogP contribution in [0.1, 0.15) is 44.2 Å². The third kappa shape index (κ3) is 3.55. The lowest BCUT2D eigenvalue weighted by Gasteiger charge is -2.47. The van der Waals surface area contributed by atoms with Crippen molar-refractivity contribution in [2.75, 3.05) is 12.4 Å². The first kappa shape index (κ1) is 22.0. The number of hydrogen-bond donors (Lipinski definition) is 3. The van der Waals surface area contributed by atoms with Crippen LogP contribution in [0.15, 0.2) is 17.3 Å². The quantitative estimate of drug-likeness (QED) is 0.458. The van der Waals surface area contributed by atoms with Crippen molar-refractivity contribution in [1.82, 2.24) is 25.1 Å².